The topological polar surface area (TPSA) is 38.5 Å². The number of hydrogen-bond acceptors (Lipinski definition) is 4. The average molecular weight is 260 g/mol. The fraction of sp³-hybridized carbons (Fsp3) is 1.00. The molecule has 0 aromatic rings. The second-order valence-electron chi connectivity index (χ2n) is 5.83. The van der Waals surface area contributed by atoms with Gasteiger partial charge in [0.25, 0.3) is 0 Å². The number of rotatable bonds is 6. The van der Waals surface area contributed by atoms with Gasteiger partial charge in [-0.25, -0.2) is 0 Å². The van der Waals surface area contributed by atoms with Crippen LogP contribution in [-0.4, -0.2) is 55.3 Å². The summed E-state index contributed by atoms with van der Waals surface area (Å²) in [5.74, 6) is 2.40. The first-order valence-electron chi connectivity index (χ1n) is 6.51. The third kappa shape index (κ3) is 3.85. The minimum Gasteiger partial charge on any atom is -0.383 e. The lowest BCUT2D eigenvalue weighted by Crippen LogP contribution is -2.60. The van der Waals surface area contributed by atoms with Crippen LogP contribution in [0.4, 0.5) is 0 Å². The number of nitrogens with two attached hydrogens (primary N) is 1. The molecule has 17 heavy (non-hydrogen) atoms. The van der Waals surface area contributed by atoms with Crippen LogP contribution in [0.3, 0.4) is 0 Å². The molecule has 102 valence electrons. The first-order chi connectivity index (χ1) is 7.99. The minimum atomic E-state index is 0.166. The first kappa shape index (κ1) is 15.3. The highest BCUT2D eigenvalue weighted by Crippen LogP contribution is 2.41. The summed E-state index contributed by atoms with van der Waals surface area (Å²) in [5, 5.41) is 0. The van der Waals surface area contributed by atoms with Crippen molar-refractivity contribution in [1.82, 2.24) is 4.90 Å². The molecule has 1 atom stereocenters. The third-order valence-corrected chi connectivity index (χ3v) is 5.40. The molecule has 0 aromatic carbocycles. The number of methoxy groups -OCH3 is 1. The van der Waals surface area contributed by atoms with E-state index in [1.54, 1.807) is 7.11 Å². The van der Waals surface area contributed by atoms with Crippen LogP contribution < -0.4 is 5.73 Å². The normalized spacial score (nSPS) is 28.6. The van der Waals surface area contributed by atoms with Gasteiger partial charge in [0.1, 0.15) is 0 Å². The van der Waals surface area contributed by atoms with Crippen molar-refractivity contribution in [2.24, 2.45) is 11.1 Å². The van der Waals surface area contributed by atoms with Gasteiger partial charge in [-0.1, -0.05) is 20.8 Å². The summed E-state index contributed by atoms with van der Waals surface area (Å²) >= 11 is 2.05. The van der Waals surface area contributed by atoms with E-state index in [2.05, 4.69) is 25.7 Å². The molecule has 0 radical (unpaired) electrons. The smallest absolute Gasteiger partial charge is 0.0589 e. The van der Waals surface area contributed by atoms with Crippen LogP contribution in [-0.2, 0) is 4.74 Å². The van der Waals surface area contributed by atoms with Crippen molar-refractivity contribution in [3.63, 3.8) is 0 Å². The predicted molar refractivity (Wildman–Crippen MR) is 76.6 cm³/mol. The molecule has 0 bridgehead atoms. The highest BCUT2D eigenvalue weighted by Gasteiger charge is 2.42. The third-order valence-electron chi connectivity index (χ3n) is 3.67. The summed E-state index contributed by atoms with van der Waals surface area (Å²) < 4.78 is 5.22. The van der Waals surface area contributed by atoms with Crippen LogP contribution in [0.1, 0.15) is 27.2 Å². The molecule has 0 aliphatic carbocycles. The molecule has 4 heteroatoms. The summed E-state index contributed by atoms with van der Waals surface area (Å²) in [4.78, 5) is 2.52. The van der Waals surface area contributed by atoms with Crippen LogP contribution in [0, 0.1) is 5.41 Å². The fourth-order valence-corrected chi connectivity index (χ4v) is 4.44. The lowest BCUT2D eigenvalue weighted by Gasteiger charge is -2.50. The maximum absolute atomic E-state index is 6.11. The van der Waals surface area contributed by atoms with Gasteiger partial charge in [0, 0.05) is 31.5 Å². The monoisotopic (exact) mass is 260 g/mol. The molecular formula is C13H28N2OS. The molecule has 1 aliphatic rings. The number of ether oxygens (including phenoxy) is 1. The molecule has 0 saturated carbocycles. The van der Waals surface area contributed by atoms with Gasteiger partial charge in [-0.15, -0.1) is 0 Å². The Kier molecular flexibility index (Phi) is 5.77. The zero-order chi connectivity index (χ0) is 12.9. The second kappa shape index (κ2) is 6.41. The molecule has 0 spiro atoms. The van der Waals surface area contributed by atoms with E-state index >= 15 is 0 Å². The Morgan fingerprint density at radius 3 is 2.53 bits per heavy atom. The van der Waals surface area contributed by atoms with E-state index in [4.69, 9.17) is 10.5 Å². The van der Waals surface area contributed by atoms with Crippen molar-refractivity contribution in [3.05, 3.63) is 0 Å². The highest BCUT2D eigenvalue weighted by molar-refractivity contribution is 7.99. The minimum absolute atomic E-state index is 0.166. The quantitative estimate of drug-likeness (QED) is 0.790. The number of hydrogen-bond donors (Lipinski definition) is 1. The SMILES string of the molecule is CCN(CCOC)C1(CN)CSCC(C)(C)C1. The average Bonchev–Trinajstić information content (AvgIpc) is 2.28. The summed E-state index contributed by atoms with van der Waals surface area (Å²) in [6.45, 7) is 10.5. The second-order valence-corrected chi connectivity index (χ2v) is 6.82. The maximum Gasteiger partial charge on any atom is 0.0589 e. The summed E-state index contributed by atoms with van der Waals surface area (Å²) in [5.41, 5.74) is 6.67. The highest BCUT2D eigenvalue weighted by atomic mass is 32.2. The van der Waals surface area contributed by atoms with E-state index in [0.29, 0.717) is 5.41 Å². The van der Waals surface area contributed by atoms with E-state index in [-0.39, 0.29) is 5.54 Å². The van der Waals surface area contributed by atoms with Crippen LogP contribution in [0.15, 0.2) is 0 Å². The zero-order valence-corrected chi connectivity index (χ0v) is 12.6. The molecule has 0 amide bonds. The van der Waals surface area contributed by atoms with Gasteiger partial charge >= 0.3 is 0 Å². The molecule has 1 saturated heterocycles. The van der Waals surface area contributed by atoms with Crippen molar-refractivity contribution >= 4 is 11.8 Å². The molecule has 1 heterocycles. The predicted octanol–water partition coefficient (Wildman–Crippen LogP) is 1.82. The number of thioether (sulfide) groups is 1. The van der Waals surface area contributed by atoms with Crippen LogP contribution in [0.2, 0.25) is 0 Å². The van der Waals surface area contributed by atoms with Gasteiger partial charge in [0.2, 0.25) is 0 Å². The van der Waals surface area contributed by atoms with Crippen molar-refractivity contribution in [3.8, 4) is 0 Å². The summed E-state index contributed by atoms with van der Waals surface area (Å²) in [6, 6.07) is 0. The van der Waals surface area contributed by atoms with Crippen molar-refractivity contribution in [2.75, 3.05) is 44.9 Å². The molecule has 2 N–H and O–H groups in total. The van der Waals surface area contributed by atoms with Gasteiger partial charge in [0.15, 0.2) is 0 Å². The van der Waals surface area contributed by atoms with Crippen molar-refractivity contribution in [1.29, 1.82) is 0 Å². The van der Waals surface area contributed by atoms with E-state index in [9.17, 15) is 0 Å². The summed E-state index contributed by atoms with van der Waals surface area (Å²) in [6.07, 6.45) is 1.20. The Balaban J connectivity index is 2.77. The zero-order valence-electron chi connectivity index (χ0n) is 11.8. The van der Waals surface area contributed by atoms with Gasteiger partial charge in [-0.2, -0.15) is 11.8 Å². The fourth-order valence-electron chi connectivity index (χ4n) is 2.91. The molecule has 0 aromatic heterocycles. The van der Waals surface area contributed by atoms with Gasteiger partial charge in [0.05, 0.1) is 6.61 Å². The van der Waals surface area contributed by atoms with Crippen molar-refractivity contribution < 1.29 is 4.74 Å². The van der Waals surface area contributed by atoms with Crippen LogP contribution in [0.5, 0.6) is 0 Å². The first-order valence-corrected chi connectivity index (χ1v) is 7.67. The molecular weight excluding hydrogens is 232 g/mol. The number of likely N-dealkylation sites (N-methyl/N-ethyl adjacent to an activating group) is 1. The molecule has 1 aliphatic heterocycles. The van der Waals surface area contributed by atoms with E-state index in [1.807, 2.05) is 11.8 Å². The van der Waals surface area contributed by atoms with Crippen LogP contribution >= 0.6 is 11.8 Å². The summed E-state index contributed by atoms with van der Waals surface area (Å²) in [7, 11) is 1.77. The molecule has 3 nitrogen and oxygen atoms in total. The molecule has 1 rings (SSSR count). The van der Waals surface area contributed by atoms with Gasteiger partial charge in [-0.3, -0.25) is 4.90 Å². The maximum atomic E-state index is 6.11. The van der Waals surface area contributed by atoms with Crippen LogP contribution in [0.25, 0.3) is 0 Å². The standard InChI is InChI=1S/C13H28N2OS/c1-5-15(6-7-16-4)13(9-14)8-12(2,3)10-17-11-13/h5-11,14H2,1-4H3. The Labute approximate surface area is 110 Å². The number of nitrogens with zero attached hydrogens (tertiary/aromatic N) is 1. The molecule has 1 unspecified atom stereocenters. The van der Waals surface area contributed by atoms with E-state index < -0.39 is 0 Å². The Hall–Kier alpha value is 0.230. The Bertz CT molecular complexity index is 235. The Morgan fingerprint density at radius 1 is 1.35 bits per heavy atom. The van der Waals surface area contributed by atoms with Crippen molar-refractivity contribution in [2.45, 2.75) is 32.7 Å². The lowest BCUT2D eigenvalue weighted by atomic mass is 9.78. The molecule has 1 fully saturated rings. The van der Waals surface area contributed by atoms with E-state index in [1.165, 1.54) is 12.2 Å². The lowest BCUT2D eigenvalue weighted by molar-refractivity contribution is 0.0475. The van der Waals surface area contributed by atoms with E-state index in [0.717, 1.165) is 32.0 Å². The largest absolute Gasteiger partial charge is 0.383 e. The Morgan fingerprint density at radius 2 is 2.06 bits per heavy atom. The van der Waals surface area contributed by atoms with Gasteiger partial charge < -0.3 is 10.5 Å². The van der Waals surface area contributed by atoms with Gasteiger partial charge in [-0.05, 0) is 24.1 Å².